The van der Waals surface area contributed by atoms with E-state index in [9.17, 15) is 13.2 Å². The number of halogens is 5. The molecule has 0 aliphatic rings. The molecular weight excluding hydrogens is 479 g/mol. The summed E-state index contributed by atoms with van der Waals surface area (Å²) >= 11 is 9.42. The van der Waals surface area contributed by atoms with Crippen molar-refractivity contribution >= 4 is 44.2 Å². The van der Waals surface area contributed by atoms with E-state index >= 15 is 0 Å². The highest BCUT2D eigenvalue weighted by molar-refractivity contribution is 9.10. The molecule has 4 rings (SSSR count). The Morgan fingerprint density at radius 3 is 2.72 bits per heavy atom. The predicted octanol–water partition coefficient (Wildman–Crippen LogP) is 5.54. The summed E-state index contributed by atoms with van der Waals surface area (Å²) in [6.45, 7) is 0.318. The van der Waals surface area contributed by atoms with Crippen LogP contribution in [0.1, 0.15) is 5.56 Å². The molecule has 0 fully saturated rings. The van der Waals surface area contributed by atoms with E-state index in [0.29, 0.717) is 34.4 Å². The Labute approximate surface area is 174 Å². The summed E-state index contributed by atoms with van der Waals surface area (Å²) in [6, 6.07) is 9.43. The van der Waals surface area contributed by atoms with Gasteiger partial charge in [-0.2, -0.15) is 5.21 Å². The fourth-order valence-electron chi connectivity index (χ4n) is 2.63. The van der Waals surface area contributed by atoms with Gasteiger partial charge in [-0.1, -0.05) is 11.6 Å². The van der Waals surface area contributed by atoms with Crippen LogP contribution >= 0.6 is 27.5 Å². The quantitative estimate of drug-likeness (QED) is 0.383. The van der Waals surface area contributed by atoms with Gasteiger partial charge in [-0.25, -0.2) is 0 Å². The van der Waals surface area contributed by atoms with Gasteiger partial charge < -0.3 is 14.5 Å². The molecule has 29 heavy (non-hydrogen) atoms. The predicted molar refractivity (Wildman–Crippen MR) is 103 cm³/mol. The number of ether oxygens (including phenoxy) is 1. The Balaban J connectivity index is 1.52. The number of nitrogens with one attached hydrogen (secondary N) is 2. The highest BCUT2D eigenvalue weighted by Gasteiger charge is 2.31. The topological polar surface area (TPSA) is 88.9 Å². The van der Waals surface area contributed by atoms with Gasteiger partial charge in [0.05, 0.1) is 4.47 Å². The highest BCUT2D eigenvalue weighted by atomic mass is 79.9. The van der Waals surface area contributed by atoms with Crippen molar-refractivity contribution in [2.45, 2.75) is 12.9 Å². The van der Waals surface area contributed by atoms with Crippen LogP contribution in [-0.2, 0) is 6.54 Å². The Kier molecular flexibility index (Phi) is 5.09. The molecule has 0 amide bonds. The molecule has 12 heteroatoms. The minimum atomic E-state index is -4.76. The van der Waals surface area contributed by atoms with Gasteiger partial charge in [-0.05, 0) is 63.1 Å². The number of alkyl halides is 3. The van der Waals surface area contributed by atoms with Crippen molar-refractivity contribution in [1.29, 1.82) is 0 Å². The van der Waals surface area contributed by atoms with Gasteiger partial charge in [0.2, 0.25) is 5.82 Å². The molecule has 0 saturated carbocycles. The molecule has 0 atom stereocenters. The van der Waals surface area contributed by atoms with Crippen molar-refractivity contribution in [2.24, 2.45) is 0 Å². The van der Waals surface area contributed by atoms with Gasteiger partial charge in [0.25, 0.3) is 0 Å². The van der Waals surface area contributed by atoms with Gasteiger partial charge in [-0.15, -0.1) is 23.4 Å². The summed E-state index contributed by atoms with van der Waals surface area (Å²) in [7, 11) is 0. The van der Waals surface area contributed by atoms with E-state index < -0.39 is 6.36 Å². The van der Waals surface area contributed by atoms with Crippen molar-refractivity contribution in [2.75, 3.05) is 5.32 Å². The zero-order valence-electron chi connectivity index (χ0n) is 14.2. The van der Waals surface area contributed by atoms with Crippen molar-refractivity contribution in [3.8, 4) is 17.3 Å². The van der Waals surface area contributed by atoms with Crippen molar-refractivity contribution < 1.29 is 22.3 Å². The molecule has 0 bridgehead atoms. The maximum atomic E-state index is 12.4. The third-order valence-electron chi connectivity index (χ3n) is 3.89. The van der Waals surface area contributed by atoms with E-state index in [4.69, 9.17) is 16.0 Å². The summed E-state index contributed by atoms with van der Waals surface area (Å²) < 4.78 is 46.9. The number of fused-ring (bicyclic) bond motifs is 1. The summed E-state index contributed by atoms with van der Waals surface area (Å²) in [5.41, 5.74) is 1.90. The largest absolute Gasteiger partial charge is 0.573 e. The number of furan rings is 1. The number of benzene rings is 2. The molecule has 0 spiro atoms. The van der Waals surface area contributed by atoms with Crippen molar-refractivity contribution in [3.63, 3.8) is 0 Å². The van der Waals surface area contributed by atoms with E-state index in [1.807, 2.05) is 0 Å². The van der Waals surface area contributed by atoms with Gasteiger partial charge in [-0.3, -0.25) is 0 Å². The van der Waals surface area contributed by atoms with Gasteiger partial charge >= 0.3 is 6.36 Å². The molecule has 2 heterocycles. The minimum Gasteiger partial charge on any atom is -0.453 e. The zero-order valence-corrected chi connectivity index (χ0v) is 16.6. The summed E-state index contributed by atoms with van der Waals surface area (Å²) in [5, 5.41) is 18.0. The Morgan fingerprint density at radius 1 is 1.21 bits per heavy atom. The van der Waals surface area contributed by atoms with Crippen LogP contribution in [-0.4, -0.2) is 27.0 Å². The number of rotatable bonds is 5. The first kappa shape index (κ1) is 19.5. The second-order valence-electron chi connectivity index (χ2n) is 5.87. The van der Waals surface area contributed by atoms with E-state index in [1.165, 1.54) is 18.2 Å². The first-order chi connectivity index (χ1) is 13.8. The second-order valence-corrected chi connectivity index (χ2v) is 7.14. The van der Waals surface area contributed by atoms with Crippen LogP contribution in [0.15, 0.2) is 45.3 Å². The van der Waals surface area contributed by atoms with Gasteiger partial charge in [0.15, 0.2) is 5.76 Å². The Bertz CT molecular complexity index is 1160. The van der Waals surface area contributed by atoms with Crippen LogP contribution < -0.4 is 10.1 Å². The molecule has 0 radical (unpaired) electrons. The number of hydrogen-bond acceptors (Lipinski definition) is 6. The van der Waals surface area contributed by atoms with E-state index in [0.717, 1.165) is 10.9 Å². The van der Waals surface area contributed by atoms with E-state index in [-0.39, 0.29) is 10.2 Å². The van der Waals surface area contributed by atoms with Gasteiger partial charge in [0, 0.05) is 22.6 Å². The van der Waals surface area contributed by atoms with Crippen LogP contribution in [0.3, 0.4) is 0 Å². The highest BCUT2D eigenvalue weighted by Crippen LogP contribution is 2.33. The molecule has 0 unspecified atom stereocenters. The van der Waals surface area contributed by atoms with E-state index in [2.05, 4.69) is 46.6 Å². The zero-order chi connectivity index (χ0) is 20.6. The molecule has 2 N–H and O–H groups in total. The summed E-state index contributed by atoms with van der Waals surface area (Å²) in [6.07, 6.45) is -4.76. The maximum absolute atomic E-state index is 12.4. The molecule has 2 aromatic heterocycles. The first-order valence-corrected chi connectivity index (χ1v) is 9.20. The summed E-state index contributed by atoms with van der Waals surface area (Å²) in [5.74, 6) is 0.439. The van der Waals surface area contributed by atoms with Crippen LogP contribution in [0.5, 0.6) is 5.75 Å². The third-order valence-corrected chi connectivity index (χ3v) is 4.86. The molecule has 150 valence electrons. The molecule has 4 aromatic rings. The van der Waals surface area contributed by atoms with Crippen molar-refractivity contribution in [3.05, 3.63) is 51.5 Å². The van der Waals surface area contributed by atoms with Crippen LogP contribution in [0.2, 0.25) is 5.02 Å². The second kappa shape index (κ2) is 7.56. The van der Waals surface area contributed by atoms with Crippen molar-refractivity contribution in [1.82, 2.24) is 20.6 Å². The average molecular weight is 489 g/mol. The number of aromatic nitrogens is 4. The normalized spacial score (nSPS) is 11.8. The number of anilines is 1. The minimum absolute atomic E-state index is 0.164. The third kappa shape index (κ3) is 4.46. The molecule has 0 aliphatic carbocycles. The Hall–Kier alpha value is -2.79. The number of aromatic amines is 1. The van der Waals surface area contributed by atoms with Crippen LogP contribution in [0, 0.1) is 0 Å². The lowest BCUT2D eigenvalue weighted by atomic mass is 10.1. The monoisotopic (exact) mass is 487 g/mol. The molecule has 7 nitrogen and oxygen atoms in total. The average Bonchev–Trinajstić information content (AvgIpc) is 3.30. The van der Waals surface area contributed by atoms with Gasteiger partial charge in [0.1, 0.15) is 11.3 Å². The number of hydrogen-bond donors (Lipinski definition) is 2. The maximum Gasteiger partial charge on any atom is 0.573 e. The molecule has 0 aliphatic heterocycles. The van der Waals surface area contributed by atoms with E-state index in [1.54, 1.807) is 18.2 Å². The fourth-order valence-corrected chi connectivity index (χ4v) is 3.33. The fraction of sp³-hybridized carbons (Fsp3) is 0.118. The molecule has 2 aromatic carbocycles. The smallest absolute Gasteiger partial charge is 0.453 e. The number of nitrogens with zero attached hydrogens (tertiary/aromatic N) is 3. The Morgan fingerprint density at radius 2 is 2.03 bits per heavy atom. The SMILES string of the molecule is FC(F)(F)Oc1ccc(NCc2cc3oc(-c4nn[nH]n4)cc3cc2Cl)cc1Br. The molecular formula is C17H10BrClF3N5O2. The first-order valence-electron chi connectivity index (χ1n) is 8.03. The lowest BCUT2D eigenvalue weighted by molar-refractivity contribution is -0.274. The number of tetrazole rings is 1. The number of H-pyrrole nitrogens is 1. The lowest BCUT2D eigenvalue weighted by Crippen LogP contribution is -2.17. The standard InChI is InChI=1S/C17H10BrClF3N5O2/c18-11-6-10(1-2-13(11)29-17(20,21)22)23-7-9-5-14-8(3-12(9)19)4-15(28-14)16-24-26-27-25-16/h1-6,23H,7H2,(H,24,25,26,27). The van der Waals surface area contributed by atoms with Crippen LogP contribution in [0.25, 0.3) is 22.6 Å². The van der Waals surface area contributed by atoms with Crippen LogP contribution in [0.4, 0.5) is 18.9 Å². The lowest BCUT2D eigenvalue weighted by Gasteiger charge is -2.13. The summed E-state index contributed by atoms with van der Waals surface area (Å²) in [4.78, 5) is 0. The molecule has 0 saturated heterocycles.